The molecule has 10 heteroatoms. The third-order valence-corrected chi connectivity index (χ3v) is 6.25. The molecule has 3 aromatic carbocycles. The number of esters is 1. The van der Waals surface area contributed by atoms with E-state index in [0.717, 1.165) is 12.1 Å². The van der Waals surface area contributed by atoms with E-state index in [1.165, 1.54) is 42.5 Å². The number of hydrogen-bond acceptors (Lipinski definition) is 5. The van der Waals surface area contributed by atoms with E-state index in [2.05, 4.69) is 5.32 Å². The van der Waals surface area contributed by atoms with E-state index in [1.54, 1.807) is 6.07 Å². The van der Waals surface area contributed by atoms with Gasteiger partial charge in [-0.3, -0.25) is 0 Å². The van der Waals surface area contributed by atoms with E-state index < -0.39 is 38.9 Å². The summed E-state index contributed by atoms with van der Waals surface area (Å²) in [6, 6.07) is 12.9. The first-order valence-electron chi connectivity index (χ1n) is 8.38. The van der Waals surface area contributed by atoms with Gasteiger partial charge in [-0.15, -0.1) is 0 Å². The van der Waals surface area contributed by atoms with Crippen LogP contribution in [-0.2, 0) is 14.6 Å². The Morgan fingerprint density at radius 1 is 1.00 bits per heavy atom. The molecule has 0 saturated carbocycles. The van der Waals surface area contributed by atoms with Crippen LogP contribution in [-0.4, -0.2) is 20.9 Å². The lowest BCUT2D eigenvalue weighted by atomic mass is 10.3. The summed E-state index contributed by atoms with van der Waals surface area (Å²) in [5, 5.41) is 2.85. The molecule has 0 saturated heterocycles. The van der Waals surface area contributed by atoms with Gasteiger partial charge in [0, 0.05) is 5.02 Å². The van der Waals surface area contributed by atoms with E-state index in [9.17, 15) is 22.0 Å². The van der Waals surface area contributed by atoms with Crippen molar-refractivity contribution < 1.29 is 26.7 Å². The predicted molar refractivity (Wildman–Crippen MR) is 109 cm³/mol. The summed E-state index contributed by atoms with van der Waals surface area (Å²) < 4.78 is 59.4. The average Bonchev–Trinajstić information content (AvgIpc) is 2.70. The molecule has 0 aliphatic rings. The van der Waals surface area contributed by atoms with Gasteiger partial charge >= 0.3 is 5.97 Å². The minimum absolute atomic E-state index is 0.0415. The van der Waals surface area contributed by atoms with E-state index in [0.29, 0.717) is 5.02 Å². The largest absolute Gasteiger partial charge is 0.424 e. The van der Waals surface area contributed by atoms with Gasteiger partial charge in [-0.05, 0) is 42.5 Å². The first-order chi connectivity index (χ1) is 14.2. The number of benzene rings is 3. The van der Waals surface area contributed by atoms with E-state index in [1.807, 2.05) is 0 Å². The SMILES string of the molecule is O=C(CNc1ccc(F)c(S(=O)(=O)c2ccccc2)c1F)Oc1ccc(Cl)cc1Cl. The molecule has 3 aromatic rings. The minimum Gasteiger partial charge on any atom is -0.424 e. The smallest absolute Gasteiger partial charge is 0.330 e. The second kappa shape index (κ2) is 8.99. The Hall–Kier alpha value is -2.68. The maximum Gasteiger partial charge on any atom is 0.330 e. The summed E-state index contributed by atoms with van der Waals surface area (Å²) in [6.07, 6.45) is 0. The summed E-state index contributed by atoms with van der Waals surface area (Å²) in [7, 11) is -4.46. The van der Waals surface area contributed by atoms with Gasteiger partial charge in [-0.2, -0.15) is 0 Å². The molecule has 0 unspecified atom stereocenters. The van der Waals surface area contributed by atoms with E-state index in [4.69, 9.17) is 27.9 Å². The third-order valence-electron chi connectivity index (χ3n) is 3.91. The first-order valence-corrected chi connectivity index (χ1v) is 10.6. The predicted octanol–water partition coefficient (Wildman–Crippen LogP) is 5.12. The molecule has 1 N–H and O–H groups in total. The molecule has 0 radical (unpaired) electrons. The Labute approximate surface area is 181 Å². The summed E-state index contributed by atoms with van der Waals surface area (Å²) >= 11 is 11.7. The van der Waals surface area contributed by atoms with Gasteiger partial charge in [0.05, 0.1) is 15.6 Å². The fourth-order valence-corrected chi connectivity index (χ4v) is 4.39. The lowest BCUT2D eigenvalue weighted by Gasteiger charge is -2.12. The van der Waals surface area contributed by atoms with Gasteiger partial charge in [0.15, 0.2) is 5.82 Å². The maximum absolute atomic E-state index is 14.8. The topological polar surface area (TPSA) is 72.5 Å². The van der Waals surface area contributed by atoms with Gasteiger partial charge in [0.2, 0.25) is 9.84 Å². The molecule has 0 amide bonds. The lowest BCUT2D eigenvalue weighted by molar-refractivity contribution is -0.132. The Balaban J connectivity index is 1.81. The van der Waals surface area contributed by atoms with Crippen LogP contribution in [0.3, 0.4) is 0 Å². The van der Waals surface area contributed by atoms with Crippen molar-refractivity contribution in [2.24, 2.45) is 0 Å². The monoisotopic (exact) mass is 471 g/mol. The van der Waals surface area contributed by atoms with Crippen LogP contribution in [0.15, 0.2) is 70.5 Å². The molecule has 3 rings (SSSR count). The fourth-order valence-electron chi connectivity index (χ4n) is 2.52. The van der Waals surface area contributed by atoms with Crippen molar-refractivity contribution in [1.82, 2.24) is 0 Å². The summed E-state index contributed by atoms with van der Waals surface area (Å²) in [5.41, 5.74) is -0.384. The van der Waals surface area contributed by atoms with Gasteiger partial charge < -0.3 is 10.1 Å². The third kappa shape index (κ3) is 4.72. The van der Waals surface area contributed by atoms with Crippen LogP contribution in [0, 0.1) is 11.6 Å². The lowest BCUT2D eigenvalue weighted by Crippen LogP contribution is -2.21. The number of ether oxygens (including phenoxy) is 1. The second-order valence-electron chi connectivity index (χ2n) is 5.96. The summed E-state index contributed by atoms with van der Waals surface area (Å²) in [4.78, 5) is 10.6. The molecule has 0 aliphatic heterocycles. The Morgan fingerprint density at radius 3 is 2.37 bits per heavy atom. The summed E-state index contributed by atoms with van der Waals surface area (Å²) in [6.45, 7) is -0.535. The number of rotatable bonds is 6. The second-order valence-corrected chi connectivity index (χ2v) is 8.69. The van der Waals surface area contributed by atoms with Crippen LogP contribution in [0.25, 0.3) is 0 Å². The number of carbonyl (C=O) groups is 1. The zero-order valence-corrected chi connectivity index (χ0v) is 17.4. The number of halogens is 4. The number of nitrogens with one attached hydrogen (secondary N) is 1. The molecule has 5 nitrogen and oxygen atoms in total. The van der Waals surface area contributed by atoms with Crippen molar-refractivity contribution in [1.29, 1.82) is 0 Å². The van der Waals surface area contributed by atoms with Crippen molar-refractivity contribution in [2.45, 2.75) is 9.79 Å². The minimum atomic E-state index is -4.46. The van der Waals surface area contributed by atoms with Crippen LogP contribution < -0.4 is 10.1 Å². The fraction of sp³-hybridized carbons (Fsp3) is 0.0500. The molecule has 0 aliphatic carbocycles. The van der Waals surface area contributed by atoms with Crippen molar-refractivity contribution >= 4 is 44.7 Å². The highest BCUT2D eigenvalue weighted by atomic mass is 35.5. The van der Waals surface area contributed by atoms with Gasteiger partial charge in [-0.1, -0.05) is 41.4 Å². The van der Waals surface area contributed by atoms with Crippen molar-refractivity contribution in [3.63, 3.8) is 0 Å². The van der Waals surface area contributed by atoms with Crippen LogP contribution >= 0.6 is 23.2 Å². The standard InChI is InChI=1S/C20H13Cl2F2NO4S/c21-12-6-9-17(14(22)10-12)29-18(26)11-25-16-8-7-15(23)20(19(16)24)30(27,28)13-4-2-1-3-5-13/h1-10,25H,11H2. The van der Waals surface area contributed by atoms with Crippen LogP contribution in [0.5, 0.6) is 5.75 Å². The number of sulfone groups is 1. The highest BCUT2D eigenvalue weighted by molar-refractivity contribution is 7.91. The quantitative estimate of drug-likeness (QED) is 0.398. The number of carbonyl (C=O) groups excluding carboxylic acids is 1. The Bertz CT molecular complexity index is 1200. The molecule has 0 bridgehead atoms. The number of anilines is 1. The molecular formula is C20H13Cl2F2NO4S. The summed E-state index contributed by atoms with van der Waals surface area (Å²) in [5.74, 6) is -3.40. The van der Waals surface area contributed by atoms with Gasteiger partial charge in [0.1, 0.15) is 23.0 Å². The van der Waals surface area contributed by atoms with Crippen molar-refractivity contribution in [2.75, 3.05) is 11.9 Å². The van der Waals surface area contributed by atoms with Gasteiger partial charge in [-0.25, -0.2) is 22.0 Å². The van der Waals surface area contributed by atoms with Crippen molar-refractivity contribution in [3.8, 4) is 5.75 Å². The van der Waals surface area contributed by atoms with Crippen molar-refractivity contribution in [3.05, 3.63) is 82.3 Å². The first kappa shape index (κ1) is 22.0. The Morgan fingerprint density at radius 2 is 1.70 bits per heavy atom. The normalized spacial score (nSPS) is 11.2. The zero-order chi connectivity index (χ0) is 21.9. The molecule has 0 fully saturated rings. The van der Waals surface area contributed by atoms with Crippen LogP contribution in [0.1, 0.15) is 0 Å². The molecule has 30 heavy (non-hydrogen) atoms. The van der Waals surface area contributed by atoms with Crippen LogP contribution in [0.4, 0.5) is 14.5 Å². The molecule has 0 spiro atoms. The maximum atomic E-state index is 14.8. The molecular weight excluding hydrogens is 459 g/mol. The zero-order valence-electron chi connectivity index (χ0n) is 15.0. The molecule has 0 atom stereocenters. The highest BCUT2D eigenvalue weighted by Crippen LogP contribution is 2.30. The molecule has 156 valence electrons. The average molecular weight is 472 g/mol. The van der Waals surface area contributed by atoms with Gasteiger partial charge in [0.25, 0.3) is 0 Å². The molecule has 0 aromatic heterocycles. The molecule has 0 heterocycles. The van der Waals surface area contributed by atoms with E-state index >= 15 is 0 Å². The highest BCUT2D eigenvalue weighted by Gasteiger charge is 2.28. The van der Waals surface area contributed by atoms with Crippen LogP contribution in [0.2, 0.25) is 10.0 Å². The van der Waals surface area contributed by atoms with E-state index in [-0.39, 0.29) is 21.4 Å². The Kier molecular flexibility index (Phi) is 6.60. The number of hydrogen-bond donors (Lipinski definition) is 1.